The molecule has 0 aromatic heterocycles. The lowest BCUT2D eigenvalue weighted by molar-refractivity contribution is -0.220. The summed E-state index contributed by atoms with van der Waals surface area (Å²) in [5.74, 6) is -1.21. The molecule has 6 N–H and O–H groups in total. The maximum Gasteiger partial charge on any atom is 0.472 e. The standard InChI is InChI=1S/C44H73O13P/c1-3-5-7-9-11-13-15-16-17-18-19-20-21-22-23-25-27-29-31-33-38(46)56-36(34-54-37(45)32-30-28-26-24-14-12-10-8-6-4-2)35-55-58(52,53)57-44-42(50)40(48)39(47)41(49)43(44)51/h5,7,11,13,16-17,19-20,22-23,27,29,36,39-44,47-51H,3-4,6,8-10,12,14-15,18,21,24-26,28,30-35H2,1-2H3,(H,52,53)/b7-5-,13-11-,17-16-,20-19-,23-22-,29-27-. The van der Waals surface area contributed by atoms with E-state index in [2.05, 4.69) is 68.5 Å². The van der Waals surface area contributed by atoms with Crippen LogP contribution in [-0.4, -0.2) is 98.3 Å². The summed E-state index contributed by atoms with van der Waals surface area (Å²) in [5, 5.41) is 50.0. The third-order valence-corrected chi connectivity index (χ3v) is 10.3. The highest BCUT2D eigenvalue weighted by atomic mass is 31.2. The van der Waals surface area contributed by atoms with Gasteiger partial charge in [-0.1, -0.05) is 145 Å². The van der Waals surface area contributed by atoms with Gasteiger partial charge in [-0.05, 0) is 51.4 Å². The molecule has 1 saturated carbocycles. The van der Waals surface area contributed by atoms with Crippen LogP contribution < -0.4 is 0 Å². The highest BCUT2D eigenvalue weighted by molar-refractivity contribution is 7.47. The number of rotatable bonds is 33. The fourth-order valence-corrected chi connectivity index (χ4v) is 6.87. The molecule has 0 saturated heterocycles. The first-order valence-corrected chi connectivity index (χ1v) is 22.7. The summed E-state index contributed by atoms with van der Waals surface area (Å²) in [5.41, 5.74) is 0. The number of ether oxygens (including phenoxy) is 2. The van der Waals surface area contributed by atoms with E-state index in [1.165, 1.54) is 38.5 Å². The Balaban J connectivity index is 2.56. The van der Waals surface area contributed by atoms with E-state index in [0.29, 0.717) is 19.3 Å². The van der Waals surface area contributed by atoms with Crippen molar-refractivity contribution < 1.29 is 63.1 Å². The molecule has 0 bridgehead atoms. The van der Waals surface area contributed by atoms with Crippen molar-refractivity contribution in [3.05, 3.63) is 72.9 Å². The normalized spacial score (nSPS) is 23.2. The Hall–Kier alpha value is -2.71. The number of phosphoric ester groups is 1. The van der Waals surface area contributed by atoms with Crippen LogP contribution in [0.5, 0.6) is 0 Å². The summed E-state index contributed by atoms with van der Waals surface area (Å²) in [6, 6.07) is 0. The largest absolute Gasteiger partial charge is 0.472 e. The number of allylic oxidation sites excluding steroid dienone is 12. The molecule has 0 heterocycles. The van der Waals surface area contributed by atoms with Crippen LogP contribution >= 0.6 is 7.82 Å². The van der Waals surface area contributed by atoms with Crippen molar-refractivity contribution in [3.63, 3.8) is 0 Å². The van der Waals surface area contributed by atoms with Gasteiger partial charge in [0.1, 0.15) is 43.2 Å². The first-order valence-electron chi connectivity index (χ1n) is 21.2. The van der Waals surface area contributed by atoms with Gasteiger partial charge in [-0.25, -0.2) is 4.57 Å². The molecule has 0 radical (unpaired) electrons. The van der Waals surface area contributed by atoms with Gasteiger partial charge < -0.3 is 39.9 Å². The summed E-state index contributed by atoms with van der Waals surface area (Å²) >= 11 is 0. The molecule has 0 aliphatic heterocycles. The van der Waals surface area contributed by atoms with Crippen LogP contribution in [0.1, 0.15) is 136 Å². The molecule has 1 fully saturated rings. The third kappa shape index (κ3) is 26.4. The molecule has 0 spiro atoms. The first kappa shape index (κ1) is 53.3. The lowest BCUT2D eigenvalue weighted by Crippen LogP contribution is -2.64. The first-order chi connectivity index (χ1) is 27.9. The minimum absolute atomic E-state index is 0.0307. The number of hydrogen-bond acceptors (Lipinski definition) is 12. The summed E-state index contributed by atoms with van der Waals surface area (Å²) in [4.78, 5) is 35.5. The SMILES string of the molecule is CC/C=C\C/C=C\C/C=C\C/C=C\C/C=C\C/C=C\CCC(=O)OC(COC(=O)CCCCCCCCCCCC)COP(=O)(O)OC1C(O)C(O)C(O)C(O)C1O. The molecular formula is C44H73O13P. The number of carbonyl (C=O) groups excluding carboxylic acids is 2. The Kier molecular flexibility index (Phi) is 31.3. The predicted octanol–water partition coefficient (Wildman–Crippen LogP) is 7.55. The summed E-state index contributed by atoms with van der Waals surface area (Å²) in [6.45, 7) is 3.08. The van der Waals surface area contributed by atoms with Crippen LogP contribution in [0.15, 0.2) is 72.9 Å². The fraction of sp³-hybridized carbons (Fsp3) is 0.682. The second kappa shape index (κ2) is 34.0. The Labute approximate surface area is 346 Å². The van der Waals surface area contributed by atoms with Gasteiger partial charge in [-0.15, -0.1) is 0 Å². The van der Waals surface area contributed by atoms with E-state index < -0.39 is 75.7 Å². The molecule has 1 aliphatic carbocycles. The number of unbranched alkanes of at least 4 members (excludes halogenated alkanes) is 9. The number of hydrogen-bond donors (Lipinski definition) is 6. The van der Waals surface area contributed by atoms with Crippen molar-refractivity contribution in [2.75, 3.05) is 13.2 Å². The second-order valence-corrected chi connectivity index (χ2v) is 15.9. The van der Waals surface area contributed by atoms with E-state index in [9.17, 15) is 44.6 Å². The van der Waals surface area contributed by atoms with Crippen LogP contribution in [0.2, 0.25) is 0 Å². The molecular weight excluding hydrogens is 767 g/mol. The topological polar surface area (TPSA) is 210 Å². The van der Waals surface area contributed by atoms with Gasteiger partial charge >= 0.3 is 19.8 Å². The Morgan fingerprint density at radius 3 is 1.47 bits per heavy atom. The number of aliphatic hydroxyl groups is 5. The predicted molar refractivity (Wildman–Crippen MR) is 225 cm³/mol. The molecule has 58 heavy (non-hydrogen) atoms. The summed E-state index contributed by atoms with van der Waals surface area (Å²) in [7, 11) is -5.13. The minimum atomic E-state index is -5.13. The lowest BCUT2D eigenvalue weighted by atomic mass is 9.85. The molecule has 0 amide bonds. The van der Waals surface area contributed by atoms with Crippen LogP contribution in [0, 0.1) is 0 Å². The zero-order valence-corrected chi connectivity index (χ0v) is 35.7. The van der Waals surface area contributed by atoms with Crippen molar-refractivity contribution in [3.8, 4) is 0 Å². The number of esters is 2. The molecule has 13 nitrogen and oxygen atoms in total. The molecule has 1 aliphatic rings. The van der Waals surface area contributed by atoms with E-state index in [4.69, 9.17) is 18.5 Å². The van der Waals surface area contributed by atoms with Gasteiger partial charge in [-0.2, -0.15) is 0 Å². The summed E-state index contributed by atoms with van der Waals surface area (Å²) in [6.07, 6.45) is 28.4. The molecule has 1 rings (SSSR count). The van der Waals surface area contributed by atoms with Gasteiger partial charge in [0.15, 0.2) is 6.10 Å². The highest BCUT2D eigenvalue weighted by Crippen LogP contribution is 2.47. The Morgan fingerprint density at radius 2 is 0.983 bits per heavy atom. The number of phosphoric acid groups is 1. The minimum Gasteiger partial charge on any atom is -0.462 e. The van der Waals surface area contributed by atoms with E-state index in [-0.39, 0.29) is 12.8 Å². The molecule has 0 aromatic carbocycles. The maximum atomic E-state index is 12.8. The van der Waals surface area contributed by atoms with Crippen molar-refractivity contribution in [2.24, 2.45) is 0 Å². The van der Waals surface area contributed by atoms with Crippen molar-refractivity contribution in [2.45, 2.75) is 179 Å². The van der Waals surface area contributed by atoms with Crippen molar-refractivity contribution in [1.29, 1.82) is 0 Å². The zero-order valence-electron chi connectivity index (χ0n) is 34.8. The quantitative estimate of drug-likeness (QED) is 0.0163. The van der Waals surface area contributed by atoms with Crippen LogP contribution in [0.4, 0.5) is 0 Å². The average Bonchev–Trinajstić information content (AvgIpc) is 3.20. The Morgan fingerprint density at radius 1 is 0.552 bits per heavy atom. The van der Waals surface area contributed by atoms with Gasteiger partial charge in [0.2, 0.25) is 0 Å². The second-order valence-electron chi connectivity index (χ2n) is 14.5. The zero-order chi connectivity index (χ0) is 42.9. The van der Waals surface area contributed by atoms with E-state index in [1.807, 2.05) is 18.2 Å². The third-order valence-electron chi connectivity index (χ3n) is 9.33. The molecule has 6 atom stereocenters. The molecule has 332 valence electrons. The van der Waals surface area contributed by atoms with Crippen molar-refractivity contribution >= 4 is 19.8 Å². The molecule has 6 unspecified atom stereocenters. The summed E-state index contributed by atoms with van der Waals surface area (Å²) < 4.78 is 33.3. The van der Waals surface area contributed by atoms with E-state index in [0.717, 1.165) is 51.4 Å². The van der Waals surface area contributed by atoms with Crippen LogP contribution in [0.3, 0.4) is 0 Å². The van der Waals surface area contributed by atoms with Gasteiger partial charge in [0.25, 0.3) is 0 Å². The van der Waals surface area contributed by atoms with Gasteiger partial charge in [0, 0.05) is 12.8 Å². The smallest absolute Gasteiger partial charge is 0.462 e. The lowest BCUT2D eigenvalue weighted by Gasteiger charge is -2.41. The van der Waals surface area contributed by atoms with Gasteiger partial charge in [0.05, 0.1) is 6.61 Å². The van der Waals surface area contributed by atoms with E-state index in [1.54, 1.807) is 0 Å². The van der Waals surface area contributed by atoms with E-state index >= 15 is 0 Å². The maximum absolute atomic E-state index is 12.8. The monoisotopic (exact) mass is 840 g/mol. The Bertz CT molecular complexity index is 1290. The molecule has 0 aromatic rings. The van der Waals surface area contributed by atoms with Crippen molar-refractivity contribution in [1.82, 2.24) is 0 Å². The fourth-order valence-electron chi connectivity index (χ4n) is 5.90. The highest BCUT2D eigenvalue weighted by Gasteiger charge is 2.51. The van der Waals surface area contributed by atoms with Crippen LogP contribution in [-0.2, 0) is 32.7 Å². The van der Waals surface area contributed by atoms with Crippen LogP contribution in [0.25, 0.3) is 0 Å². The van der Waals surface area contributed by atoms with Gasteiger partial charge in [-0.3, -0.25) is 18.6 Å². The number of carbonyl (C=O) groups is 2. The molecule has 14 heteroatoms. The average molecular weight is 841 g/mol. The number of aliphatic hydroxyl groups excluding tert-OH is 5.